The van der Waals surface area contributed by atoms with Gasteiger partial charge in [-0.3, -0.25) is 0 Å². The molecule has 2 rings (SSSR count). The van der Waals surface area contributed by atoms with Crippen molar-refractivity contribution in [1.29, 1.82) is 0 Å². The molecule has 2 aromatic rings. The zero-order valence-electron chi connectivity index (χ0n) is 18.5. The summed E-state index contributed by atoms with van der Waals surface area (Å²) in [5, 5.41) is 23.9. The number of rotatable bonds is 9. The standard InChI is InChI=1S/C25H37O2P/c1-7-9-11-20-13-18(5)24(26)22(15-20)28(17(3)4)23-16-21(12-10-8-2)14-19(6)25(23)27/h13-17,26-27H,7-12H2,1-6H3. The van der Waals surface area contributed by atoms with Gasteiger partial charge in [0.05, 0.1) is 0 Å². The largest absolute Gasteiger partial charge is 0.507 e. The fourth-order valence-corrected chi connectivity index (χ4v) is 6.56. The summed E-state index contributed by atoms with van der Waals surface area (Å²) in [6.45, 7) is 12.8. The lowest BCUT2D eigenvalue weighted by atomic mass is 10.1. The molecule has 0 aliphatic heterocycles. The fourth-order valence-electron chi connectivity index (χ4n) is 3.77. The quantitative estimate of drug-likeness (QED) is 0.489. The molecule has 0 aliphatic carbocycles. The first kappa shape index (κ1) is 22.8. The van der Waals surface area contributed by atoms with Crippen LogP contribution >= 0.6 is 7.92 Å². The van der Waals surface area contributed by atoms with Crippen molar-refractivity contribution in [2.24, 2.45) is 0 Å². The molecule has 0 saturated heterocycles. The Morgan fingerprint density at radius 3 is 1.46 bits per heavy atom. The van der Waals surface area contributed by atoms with Gasteiger partial charge in [-0.1, -0.05) is 52.7 Å². The summed E-state index contributed by atoms with van der Waals surface area (Å²) >= 11 is 0. The van der Waals surface area contributed by atoms with Gasteiger partial charge in [0.1, 0.15) is 11.5 Å². The molecule has 0 radical (unpaired) electrons. The number of aryl methyl sites for hydroxylation is 4. The van der Waals surface area contributed by atoms with Crippen molar-refractivity contribution in [1.82, 2.24) is 0 Å². The molecule has 2 nitrogen and oxygen atoms in total. The molecule has 0 fully saturated rings. The van der Waals surface area contributed by atoms with Crippen LogP contribution in [0, 0.1) is 13.8 Å². The van der Waals surface area contributed by atoms with E-state index in [0.29, 0.717) is 17.2 Å². The predicted octanol–water partition coefficient (Wildman–Crippen LogP) is 6.24. The fraction of sp³-hybridized carbons (Fsp3) is 0.520. The highest BCUT2D eigenvalue weighted by molar-refractivity contribution is 7.74. The number of benzene rings is 2. The van der Waals surface area contributed by atoms with E-state index in [1.165, 1.54) is 11.1 Å². The first-order valence-electron chi connectivity index (χ1n) is 10.7. The first-order valence-corrected chi connectivity index (χ1v) is 12.1. The van der Waals surface area contributed by atoms with E-state index >= 15 is 0 Å². The van der Waals surface area contributed by atoms with E-state index in [1.807, 2.05) is 13.8 Å². The Labute approximate surface area is 172 Å². The summed E-state index contributed by atoms with van der Waals surface area (Å²) in [5.41, 5.74) is 4.79. The zero-order valence-corrected chi connectivity index (χ0v) is 19.4. The Kier molecular flexibility index (Phi) is 8.38. The first-order chi connectivity index (χ1) is 13.3. The minimum Gasteiger partial charge on any atom is -0.507 e. The number of hydrogen-bond donors (Lipinski definition) is 2. The van der Waals surface area contributed by atoms with Crippen molar-refractivity contribution in [3.05, 3.63) is 46.5 Å². The van der Waals surface area contributed by atoms with Gasteiger partial charge < -0.3 is 10.2 Å². The molecule has 0 saturated carbocycles. The third kappa shape index (κ3) is 5.29. The molecule has 0 amide bonds. The number of aromatic hydroxyl groups is 2. The molecule has 0 spiro atoms. The van der Waals surface area contributed by atoms with Crippen LogP contribution in [0.2, 0.25) is 0 Å². The van der Waals surface area contributed by atoms with E-state index in [4.69, 9.17) is 0 Å². The molecule has 0 bridgehead atoms. The van der Waals surface area contributed by atoms with E-state index in [0.717, 1.165) is 60.3 Å². The molecule has 3 heteroatoms. The maximum atomic E-state index is 10.9. The van der Waals surface area contributed by atoms with Gasteiger partial charge in [-0.05, 0) is 87.5 Å². The Morgan fingerprint density at radius 1 is 0.750 bits per heavy atom. The maximum absolute atomic E-state index is 10.9. The van der Waals surface area contributed by atoms with Crippen LogP contribution in [-0.2, 0) is 12.8 Å². The van der Waals surface area contributed by atoms with Gasteiger partial charge >= 0.3 is 0 Å². The van der Waals surface area contributed by atoms with Crippen molar-refractivity contribution < 1.29 is 10.2 Å². The Bertz CT molecular complexity index is 732. The minimum absolute atomic E-state index is 0.327. The second-order valence-corrected chi connectivity index (χ2v) is 11.0. The van der Waals surface area contributed by atoms with Crippen LogP contribution in [0.1, 0.15) is 75.6 Å². The number of hydrogen-bond acceptors (Lipinski definition) is 2. The van der Waals surface area contributed by atoms with E-state index in [2.05, 4.69) is 52.0 Å². The lowest BCUT2D eigenvalue weighted by molar-refractivity contribution is 0.474. The molecule has 2 aromatic carbocycles. The van der Waals surface area contributed by atoms with Crippen LogP contribution in [0.5, 0.6) is 11.5 Å². The predicted molar refractivity (Wildman–Crippen MR) is 124 cm³/mol. The van der Waals surface area contributed by atoms with Crippen molar-refractivity contribution in [2.45, 2.75) is 85.7 Å². The van der Waals surface area contributed by atoms with E-state index < -0.39 is 7.92 Å². The third-order valence-electron chi connectivity index (χ3n) is 5.35. The molecule has 2 N–H and O–H groups in total. The molecule has 0 aliphatic rings. The van der Waals surface area contributed by atoms with Crippen LogP contribution < -0.4 is 10.6 Å². The van der Waals surface area contributed by atoms with Crippen LogP contribution in [0.25, 0.3) is 0 Å². The van der Waals surface area contributed by atoms with Gasteiger partial charge in [-0.15, -0.1) is 0 Å². The molecule has 0 unspecified atom stereocenters. The average Bonchev–Trinajstić information content (AvgIpc) is 2.65. The molecule has 28 heavy (non-hydrogen) atoms. The molecule has 154 valence electrons. The highest BCUT2D eigenvalue weighted by Crippen LogP contribution is 2.46. The summed E-state index contributed by atoms with van der Waals surface area (Å²) in [7, 11) is -0.846. The number of phenols is 2. The van der Waals surface area contributed by atoms with E-state index in [-0.39, 0.29) is 0 Å². The van der Waals surface area contributed by atoms with Crippen molar-refractivity contribution in [3.63, 3.8) is 0 Å². The Hall–Kier alpha value is -1.53. The third-order valence-corrected chi connectivity index (χ3v) is 8.11. The molecular weight excluding hydrogens is 363 g/mol. The molecular formula is C25H37O2P. The topological polar surface area (TPSA) is 40.5 Å². The van der Waals surface area contributed by atoms with Gasteiger partial charge in [0.15, 0.2) is 0 Å². The van der Waals surface area contributed by atoms with Gasteiger partial charge in [-0.25, -0.2) is 0 Å². The Morgan fingerprint density at radius 2 is 1.14 bits per heavy atom. The lowest BCUT2D eigenvalue weighted by Crippen LogP contribution is -2.21. The van der Waals surface area contributed by atoms with Gasteiger partial charge in [-0.2, -0.15) is 0 Å². The number of unbranched alkanes of at least 4 members (excludes halogenated alkanes) is 2. The van der Waals surface area contributed by atoms with Crippen molar-refractivity contribution >= 4 is 18.5 Å². The average molecular weight is 401 g/mol. The molecule has 0 atom stereocenters. The highest BCUT2D eigenvalue weighted by atomic mass is 31.1. The SMILES string of the molecule is CCCCc1cc(C)c(O)c(P(c2cc(CCCC)cc(C)c2O)C(C)C)c1. The van der Waals surface area contributed by atoms with Gasteiger partial charge in [0, 0.05) is 10.6 Å². The van der Waals surface area contributed by atoms with E-state index in [9.17, 15) is 10.2 Å². The van der Waals surface area contributed by atoms with E-state index in [1.54, 1.807) is 0 Å². The smallest absolute Gasteiger partial charge is 0.126 e. The molecule has 0 aromatic heterocycles. The zero-order chi connectivity index (χ0) is 20.8. The van der Waals surface area contributed by atoms with Gasteiger partial charge in [0.2, 0.25) is 0 Å². The van der Waals surface area contributed by atoms with Crippen LogP contribution in [0.3, 0.4) is 0 Å². The summed E-state index contributed by atoms with van der Waals surface area (Å²) < 4.78 is 0. The lowest BCUT2D eigenvalue weighted by Gasteiger charge is -2.27. The monoisotopic (exact) mass is 400 g/mol. The molecule has 0 heterocycles. The summed E-state index contributed by atoms with van der Waals surface area (Å²) in [4.78, 5) is 0. The van der Waals surface area contributed by atoms with Crippen LogP contribution in [0.4, 0.5) is 0 Å². The van der Waals surface area contributed by atoms with Crippen molar-refractivity contribution in [3.8, 4) is 11.5 Å². The van der Waals surface area contributed by atoms with Crippen LogP contribution in [-0.4, -0.2) is 15.9 Å². The second kappa shape index (κ2) is 10.3. The normalized spacial score (nSPS) is 11.6. The Balaban J connectivity index is 2.60. The summed E-state index contributed by atoms with van der Waals surface area (Å²) in [6, 6.07) is 8.62. The summed E-state index contributed by atoms with van der Waals surface area (Å²) in [5.74, 6) is 0.798. The maximum Gasteiger partial charge on any atom is 0.126 e. The minimum atomic E-state index is -0.846. The summed E-state index contributed by atoms with van der Waals surface area (Å²) in [6.07, 6.45) is 6.70. The number of phenolic OH excluding ortho intramolecular Hbond substituents is 2. The van der Waals surface area contributed by atoms with Crippen LogP contribution in [0.15, 0.2) is 24.3 Å². The van der Waals surface area contributed by atoms with Gasteiger partial charge in [0.25, 0.3) is 0 Å². The highest BCUT2D eigenvalue weighted by Gasteiger charge is 2.26. The van der Waals surface area contributed by atoms with Crippen molar-refractivity contribution in [2.75, 3.05) is 0 Å². The second-order valence-electron chi connectivity index (χ2n) is 8.23.